The lowest BCUT2D eigenvalue weighted by molar-refractivity contribution is -0.152. The van der Waals surface area contributed by atoms with Gasteiger partial charge in [0.1, 0.15) is 11.0 Å². The fraction of sp³-hybridized carbons (Fsp3) is 0.650. The molecule has 0 N–H and O–H groups in total. The van der Waals surface area contributed by atoms with Gasteiger partial charge >= 0.3 is 5.97 Å². The zero-order valence-corrected chi connectivity index (χ0v) is 19.9. The van der Waals surface area contributed by atoms with Gasteiger partial charge in [0.25, 0.3) is 0 Å². The highest BCUT2D eigenvalue weighted by Crippen LogP contribution is 2.53. The summed E-state index contributed by atoms with van der Waals surface area (Å²) in [6.07, 6.45) is 4.04. The molecular formula is C20H30O2S4. The van der Waals surface area contributed by atoms with Crippen LogP contribution in [0.25, 0.3) is 0 Å². The number of carbonyl (C=O) groups excluding carboxylic acids is 1. The van der Waals surface area contributed by atoms with Crippen LogP contribution in [0.2, 0.25) is 0 Å². The quantitative estimate of drug-likeness (QED) is 0.362. The summed E-state index contributed by atoms with van der Waals surface area (Å²) in [5, 5.41) is 6.12. The normalized spacial score (nSPS) is 19.1. The molecule has 0 saturated heterocycles. The summed E-state index contributed by atoms with van der Waals surface area (Å²) in [4.78, 5) is 13.6. The van der Waals surface area contributed by atoms with Gasteiger partial charge in [-0.3, -0.25) is 0 Å². The Balaban J connectivity index is 2.08. The molecule has 1 unspecified atom stereocenters. The standard InChI is InChI=1S/C20H30O2S4/c1-7-19(4,5)15(12-20(6,8-2)9-3)22-16(21)14-13-25-18(26-14)17-23-10-11-24-17/h10-11,13,15H,7-9,12H2,1-6H3. The van der Waals surface area contributed by atoms with Crippen molar-refractivity contribution in [3.8, 4) is 0 Å². The Kier molecular flexibility index (Phi) is 8.20. The predicted molar refractivity (Wildman–Crippen MR) is 122 cm³/mol. The second-order valence-corrected chi connectivity index (χ2v) is 12.0. The summed E-state index contributed by atoms with van der Waals surface area (Å²) in [5.41, 5.74) is 0.180. The van der Waals surface area contributed by atoms with E-state index < -0.39 is 0 Å². The van der Waals surface area contributed by atoms with Crippen LogP contribution < -0.4 is 0 Å². The molecule has 2 heterocycles. The van der Waals surface area contributed by atoms with Crippen LogP contribution in [0, 0.1) is 10.8 Å². The molecule has 0 radical (unpaired) electrons. The Morgan fingerprint density at radius 1 is 1.00 bits per heavy atom. The first-order chi connectivity index (χ1) is 12.2. The lowest BCUT2D eigenvalue weighted by Crippen LogP contribution is -2.38. The van der Waals surface area contributed by atoms with Gasteiger partial charge in [0.2, 0.25) is 0 Å². The Bertz CT molecular complexity index is 605. The van der Waals surface area contributed by atoms with Crippen LogP contribution in [-0.2, 0) is 9.53 Å². The fourth-order valence-electron chi connectivity index (χ4n) is 2.62. The van der Waals surface area contributed by atoms with Crippen molar-refractivity contribution in [1.29, 1.82) is 0 Å². The van der Waals surface area contributed by atoms with E-state index in [0.717, 1.165) is 30.6 Å². The van der Waals surface area contributed by atoms with E-state index in [0.29, 0.717) is 0 Å². The van der Waals surface area contributed by atoms with E-state index in [1.165, 1.54) is 8.47 Å². The molecule has 0 aromatic carbocycles. The van der Waals surface area contributed by atoms with Crippen LogP contribution in [0.3, 0.4) is 0 Å². The highest BCUT2D eigenvalue weighted by Gasteiger charge is 2.37. The van der Waals surface area contributed by atoms with Crippen molar-refractivity contribution >= 4 is 53.0 Å². The monoisotopic (exact) mass is 430 g/mol. The highest BCUT2D eigenvalue weighted by molar-refractivity contribution is 8.33. The summed E-state index contributed by atoms with van der Waals surface area (Å²) >= 11 is 6.64. The van der Waals surface area contributed by atoms with Crippen LogP contribution >= 0.6 is 47.0 Å². The number of hydrogen-bond acceptors (Lipinski definition) is 6. The van der Waals surface area contributed by atoms with Crippen LogP contribution in [0.15, 0.2) is 29.6 Å². The van der Waals surface area contributed by atoms with Gasteiger partial charge in [0.15, 0.2) is 0 Å². The van der Waals surface area contributed by atoms with Crippen molar-refractivity contribution in [2.75, 3.05) is 0 Å². The number of thioether (sulfide) groups is 4. The molecule has 26 heavy (non-hydrogen) atoms. The minimum Gasteiger partial charge on any atom is -0.458 e. The van der Waals surface area contributed by atoms with Gasteiger partial charge in [-0.25, -0.2) is 4.79 Å². The number of rotatable bonds is 8. The first-order valence-corrected chi connectivity index (χ1v) is 12.7. The minimum absolute atomic E-state index is 0.0272. The van der Waals surface area contributed by atoms with E-state index in [9.17, 15) is 4.79 Å². The van der Waals surface area contributed by atoms with Crippen LogP contribution in [-0.4, -0.2) is 12.1 Å². The SMILES string of the molecule is CCC(C)(CC)CC(OC(=O)C1=CSC(=C2SC=CS2)S1)C(C)(C)CC. The van der Waals surface area contributed by atoms with Crippen molar-refractivity contribution < 1.29 is 9.53 Å². The van der Waals surface area contributed by atoms with Crippen molar-refractivity contribution in [3.63, 3.8) is 0 Å². The molecule has 0 bridgehead atoms. The summed E-state index contributed by atoms with van der Waals surface area (Å²) in [5.74, 6) is -0.167. The van der Waals surface area contributed by atoms with E-state index in [4.69, 9.17) is 4.74 Å². The van der Waals surface area contributed by atoms with E-state index in [-0.39, 0.29) is 22.9 Å². The summed E-state index contributed by atoms with van der Waals surface area (Å²) in [6.45, 7) is 13.4. The molecule has 2 rings (SSSR count). The van der Waals surface area contributed by atoms with E-state index in [2.05, 4.69) is 52.4 Å². The van der Waals surface area contributed by atoms with Gasteiger partial charge in [-0.05, 0) is 34.5 Å². The number of hydrogen-bond donors (Lipinski definition) is 0. The molecule has 0 spiro atoms. The first-order valence-electron chi connectivity index (χ1n) is 9.23. The zero-order valence-electron chi connectivity index (χ0n) is 16.6. The van der Waals surface area contributed by atoms with E-state index in [1.807, 2.05) is 5.41 Å². The Morgan fingerprint density at radius 3 is 2.15 bits per heavy atom. The molecule has 1 atom stereocenters. The molecule has 2 nitrogen and oxygen atoms in total. The van der Waals surface area contributed by atoms with Crippen LogP contribution in [0.4, 0.5) is 0 Å². The molecule has 2 aliphatic rings. The number of carbonyl (C=O) groups is 1. The lowest BCUT2D eigenvalue weighted by Gasteiger charge is -2.39. The van der Waals surface area contributed by atoms with Gasteiger partial charge in [0, 0.05) is 5.41 Å². The molecule has 0 saturated carbocycles. The average Bonchev–Trinajstić information content (AvgIpc) is 3.31. The van der Waals surface area contributed by atoms with Crippen molar-refractivity contribution in [1.82, 2.24) is 0 Å². The third-order valence-corrected chi connectivity index (χ3v) is 10.7. The maximum absolute atomic E-state index is 12.9. The van der Waals surface area contributed by atoms with Crippen LogP contribution in [0.5, 0.6) is 0 Å². The molecule has 0 aliphatic carbocycles. The van der Waals surface area contributed by atoms with Gasteiger partial charge in [-0.15, -0.1) is 0 Å². The first kappa shape index (κ1) is 22.4. The maximum Gasteiger partial charge on any atom is 0.345 e. The highest BCUT2D eigenvalue weighted by atomic mass is 32.2. The third-order valence-electron chi connectivity index (χ3n) is 5.67. The second-order valence-electron chi connectivity index (χ2n) is 7.74. The molecule has 6 heteroatoms. The van der Waals surface area contributed by atoms with Crippen LogP contribution in [0.1, 0.15) is 67.2 Å². The maximum atomic E-state index is 12.9. The molecule has 146 valence electrons. The number of ether oxygens (including phenoxy) is 1. The molecule has 0 fully saturated rings. The smallest absolute Gasteiger partial charge is 0.345 e. The fourth-order valence-corrected chi connectivity index (χ4v) is 6.94. The van der Waals surface area contributed by atoms with E-state index in [1.54, 1.807) is 47.0 Å². The molecule has 0 amide bonds. The zero-order chi connectivity index (χ0) is 19.4. The molecule has 0 aromatic rings. The largest absolute Gasteiger partial charge is 0.458 e. The minimum atomic E-state index is -0.167. The van der Waals surface area contributed by atoms with E-state index >= 15 is 0 Å². The summed E-state index contributed by atoms with van der Waals surface area (Å²) < 4.78 is 8.56. The van der Waals surface area contributed by atoms with Crippen molar-refractivity contribution in [3.05, 3.63) is 29.6 Å². The predicted octanol–water partition coefficient (Wildman–Crippen LogP) is 7.95. The second kappa shape index (κ2) is 9.53. The lowest BCUT2D eigenvalue weighted by atomic mass is 9.72. The van der Waals surface area contributed by atoms with Gasteiger partial charge in [-0.1, -0.05) is 101 Å². The molecule has 2 aliphatic heterocycles. The van der Waals surface area contributed by atoms with Gasteiger partial charge in [-0.2, -0.15) is 0 Å². The van der Waals surface area contributed by atoms with Crippen molar-refractivity contribution in [2.24, 2.45) is 10.8 Å². The summed E-state index contributed by atoms with van der Waals surface area (Å²) in [6, 6.07) is 0. The molecular weight excluding hydrogens is 400 g/mol. The Hall–Kier alpha value is 0.0900. The third kappa shape index (κ3) is 5.55. The Labute approximate surface area is 175 Å². The number of esters is 1. The average molecular weight is 431 g/mol. The topological polar surface area (TPSA) is 26.3 Å². The molecule has 0 aromatic heterocycles. The summed E-state index contributed by atoms with van der Waals surface area (Å²) in [7, 11) is 0. The Morgan fingerprint density at radius 2 is 1.62 bits per heavy atom. The van der Waals surface area contributed by atoms with Crippen molar-refractivity contribution in [2.45, 2.75) is 73.3 Å². The van der Waals surface area contributed by atoms with Gasteiger partial charge in [0.05, 0.1) is 8.47 Å². The van der Waals surface area contributed by atoms with Gasteiger partial charge < -0.3 is 4.74 Å².